The molecule has 3 rings (SSSR count). The summed E-state index contributed by atoms with van der Waals surface area (Å²) in [5.74, 6) is 0.442. The summed E-state index contributed by atoms with van der Waals surface area (Å²) in [6.07, 6.45) is 2.30. The summed E-state index contributed by atoms with van der Waals surface area (Å²) in [6.45, 7) is 0.740. The van der Waals surface area contributed by atoms with Crippen molar-refractivity contribution in [3.05, 3.63) is 64.7 Å². The summed E-state index contributed by atoms with van der Waals surface area (Å²) in [5, 5.41) is 0. The molecule has 0 aliphatic rings. The molecular formula is C18H17FN2OS2. The molecule has 0 bridgehead atoms. The summed E-state index contributed by atoms with van der Waals surface area (Å²) >= 11 is 3.08. The fourth-order valence-electron chi connectivity index (χ4n) is 2.45. The van der Waals surface area contributed by atoms with Crippen molar-refractivity contribution in [2.75, 3.05) is 12.0 Å². The smallest absolute Gasteiger partial charge is 0.252 e. The highest BCUT2D eigenvalue weighted by Gasteiger charge is 2.09. The molecule has 24 heavy (non-hydrogen) atoms. The van der Waals surface area contributed by atoms with E-state index >= 15 is 0 Å². The van der Waals surface area contributed by atoms with E-state index in [1.54, 1.807) is 17.8 Å². The maximum atomic E-state index is 13.5. The van der Waals surface area contributed by atoms with Gasteiger partial charge in [-0.15, -0.1) is 0 Å². The topological polar surface area (TPSA) is 34.4 Å². The second-order valence-electron chi connectivity index (χ2n) is 5.31. The first-order chi connectivity index (χ1) is 11.7. The Kier molecular flexibility index (Phi) is 5.48. The molecule has 1 amide bonds. The van der Waals surface area contributed by atoms with Crippen molar-refractivity contribution in [1.82, 2.24) is 4.57 Å². The van der Waals surface area contributed by atoms with Crippen LogP contribution in [0.2, 0.25) is 0 Å². The van der Waals surface area contributed by atoms with Crippen molar-refractivity contribution in [3.8, 4) is 0 Å². The first kappa shape index (κ1) is 16.9. The highest BCUT2D eigenvalue weighted by molar-refractivity contribution is 7.98. The normalized spacial score (nSPS) is 12.0. The Morgan fingerprint density at radius 2 is 2.04 bits per heavy atom. The molecule has 0 saturated carbocycles. The van der Waals surface area contributed by atoms with E-state index in [0.717, 1.165) is 28.1 Å². The van der Waals surface area contributed by atoms with Crippen LogP contribution in [0.3, 0.4) is 0 Å². The molecule has 6 heteroatoms. The molecule has 0 saturated heterocycles. The van der Waals surface area contributed by atoms with Gasteiger partial charge in [0.2, 0.25) is 0 Å². The lowest BCUT2D eigenvalue weighted by Gasteiger charge is -2.03. The number of thiazole rings is 1. The summed E-state index contributed by atoms with van der Waals surface area (Å²) in [6, 6.07) is 14.2. The molecule has 0 N–H and O–H groups in total. The number of hydrogen-bond donors (Lipinski definition) is 0. The molecule has 124 valence electrons. The number of aryl methyl sites for hydroxylation is 1. The van der Waals surface area contributed by atoms with Crippen molar-refractivity contribution < 1.29 is 9.18 Å². The molecule has 0 aliphatic heterocycles. The average Bonchev–Trinajstić information content (AvgIpc) is 2.89. The number of amides is 1. The Morgan fingerprint density at radius 1 is 1.25 bits per heavy atom. The van der Waals surface area contributed by atoms with Gasteiger partial charge in [0, 0.05) is 12.3 Å². The first-order valence-corrected chi connectivity index (χ1v) is 9.78. The van der Waals surface area contributed by atoms with Crippen molar-refractivity contribution in [2.24, 2.45) is 4.99 Å². The van der Waals surface area contributed by atoms with Gasteiger partial charge in [-0.05, 0) is 30.0 Å². The number of benzene rings is 2. The molecule has 0 aliphatic carbocycles. The van der Waals surface area contributed by atoms with Gasteiger partial charge in [0.25, 0.3) is 5.91 Å². The minimum atomic E-state index is -0.275. The number of carbonyl (C=O) groups excluding carboxylic acids is 1. The van der Waals surface area contributed by atoms with Gasteiger partial charge < -0.3 is 4.57 Å². The number of rotatable bonds is 5. The Balaban J connectivity index is 1.98. The maximum Gasteiger partial charge on any atom is 0.252 e. The van der Waals surface area contributed by atoms with Crippen LogP contribution in [0.15, 0.2) is 53.5 Å². The maximum absolute atomic E-state index is 13.5. The van der Waals surface area contributed by atoms with E-state index in [1.807, 2.05) is 41.2 Å². The number of carbonyl (C=O) groups is 1. The fraction of sp³-hybridized carbons (Fsp3) is 0.222. The summed E-state index contributed by atoms with van der Waals surface area (Å²) in [5.41, 5.74) is 1.86. The number of aromatic nitrogens is 1. The molecule has 1 heterocycles. The van der Waals surface area contributed by atoms with Crippen LogP contribution in [0.1, 0.15) is 5.56 Å². The third-order valence-electron chi connectivity index (χ3n) is 3.58. The van der Waals surface area contributed by atoms with E-state index in [2.05, 4.69) is 4.99 Å². The SMILES string of the molecule is CSCCn1c(=NC(=O)Cc2ccccc2)sc2cc(F)ccc21. The quantitative estimate of drug-likeness (QED) is 0.692. The number of nitrogens with zero attached hydrogens (tertiary/aromatic N) is 2. The predicted octanol–water partition coefficient (Wildman–Crippen LogP) is 3.87. The third-order valence-corrected chi connectivity index (χ3v) is 5.21. The van der Waals surface area contributed by atoms with Crippen molar-refractivity contribution in [2.45, 2.75) is 13.0 Å². The first-order valence-electron chi connectivity index (χ1n) is 7.56. The largest absolute Gasteiger partial charge is 0.316 e. The molecule has 0 spiro atoms. The molecule has 3 nitrogen and oxygen atoms in total. The Morgan fingerprint density at radius 3 is 2.79 bits per heavy atom. The second kappa shape index (κ2) is 7.77. The lowest BCUT2D eigenvalue weighted by Crippen LogP contribution is -2.18. The van der Waals surface area contributed by atoms with Crippen LogP contribution < -0.4 is 4.80 Å². The lowest BCUT2D eigenvalue weighted by molar-refractivity contribution is -0.117. The highest BCUT2D eigenvalue weighted by Crippen LogP contribution is 2.19. The Labute approximate surface area is 147 Å². The number of fused-ring (bicyclic) bond motifs is 1. The van der Waals surface area contributed by atoms with Crippen LogP contribution in [0.25, 0.3) is 10.2 Å². The fourth-order valence-corrected chi connectivity index (χ4v) is 3.91. The lowest BCUT2D eigenvalue weighted by atomic mass is 10.1. The van der Waals surface area contributed by atoms with E-state index in [1.165, 1.54) is 23.5 Å². The van der Waals surface area contributed by atoms with Gasteiger partial charge in [0.15, 0.2) is 4.80 Å². The van der Waals surface area contributed by atoms with Gasteiger partial charge >= 0.3 is 0 Å². The monoisotopic (exact) mass is 360 g/mol. The van der Waals surface area contributed by atoms with E-state index in [9.17, 15) is 9.18 Å². The summed E-state index contributed by atoms with van der Waals surface area (Å²) in [4.78, 5) is 17.2. The van der Waals surface area contributed by atoms with Crippen molar-refractivity contribution >= 4 is 39.2 Å². The number of hydrogen-bond acceptors (Lipinski definition) is 3. The van der Waals surface area contributed by atoms with E-state index in [-0.39, 0.29) is 18.1 Å². The molecule has 1 aromatic heterocycles. The summed E-state index contributed by atoms with van der Waals surface area (Å²) < 4.78 is 16.3. The molecular weight excluding hydrogens is 343 g/mol. The zero-order chi connectivity index (χ0) is 16.9. The van der Waals surface area contributed by atoms with Crippen LogP contribution in [0.5, 0.6) is 0 Å². The Bertz CT molecular complexity index is 916. The number of halogens is 1. The Hall–Kier alpha value is -1.92. The van der Waals surface area contributed by atoms with Crippen LogP contribution in [-0.2, 0) is 17.8 Å². The van der Waals surface area contributed by atoms with Gasteiger partial charge in [0.05, 0.1) is 16.6 Å². The van der Waals surface area contributed by atoms with Gasteiger partial charge in [0.1, 0.15) is 5.82 Å². The second-order valence-corrected chi connectivity index (χ2v) is 7.30. The van der Waals surface area contributed by atoms with Crippen LogP contribution in [0, 0.1) is 5.82 Å². The molecule has 0 fully saturated rings. The van der Waals surface area contributed by atoms with Crippen LogP contribution >= 0.6 is 23.1 Å². The molecule has 0 atom stereocenters. The molecule has 0 unspecified atom stereocenters. The highest BCUT2D eigenvalue weighted by atomic mass is 32.2. The molecule has 2 aromatic carbocycles. The van der Waals surface area contributed by atoms with Gasteiger partial charge in [-0.25, -0.2) is 4.39 Å². The standard InChI is InChI=1S/C18H17FN2OS2/c1-23-10-9-21-15-8-7-14(19)12-16(15)24-18(21)20-17(22)11-13-5-3-2-4-6-13/h2-8,12H,9-11H2,1H3. The number of thioether (sulfide) groups is 1. The summed E-state index contributed by atoms with van der Waals surface area (Å²) in [7, 11) is 0. The van der Waals surface area contributed by atoms with E-state index in [0.29, 0.717) is 4.80 Å². The van der Waals surface area contributed by atoms with E-state index < -0.39 is 0 Å². The molecule has 3 aromatic rings. The zero-order valence-corrected chi connectivity index (χ0v) is 14.9. The van der Waals surface area contributed by atoms with Crippen LogP contribution in [-0.4, -0.2) is 22.5 Å². The van der Waals surface area contributed by atoms with E-state index in [4.69, 9.17) is 0 Å². The van der Waals surface area contributed by atoms with Crippen molar-refractivity contribution in [3.63, 3.8) is 0 Å². The van der Waals surface area contributed by atoms with Gasteiger partial charge in [-0.2, -0.15) is 16.8 Å². The van der Waals surface area contributed by atoms with Crippen molar-refractivity contribution in [1.29, 1.82) is 0 Å². The van der Waals surface area contributed by atoms with Gasteiger partial charge in [-0.1, -0.05) is 41.7 Å². The zero-order valence-electron chi connectivity index (χ0n) is 13.2. The third kappa shape index (κ3) is 3.94. The predicted molar refractivity (Wildman–Crippen MR) is 98.9 cm³/mol. The minimum absolute atomic E-state index is 0.189. The van der Waals surface area contributed by atoms with Crippen LogP contribution in [0.4, 0.5) is 4.39 Å². The van der Waals surface area contributed by atoms with Gasteiger partial charge in [-0.3, -0.25) is 4.79 Å². The molecule has 0 radical (unpaired) electrons. The minimum Gasteiger partial charge on any atom is -0.316 e. The average molecular weight is 360 g/mol.